The van der Waals surface area contributed by atoms with Crippen LogP contribution in [-0.2, 0) is 30.2 Å². The lowest BCUT2D eigenvalue weighted by atomic mass is 9.91. The molecule has 13 nitrogen and oxygen atoms in total. The van der Waals surface area contributed by atoms with E-state index in [1.54, 1.807) is 26.0 Å². The second kappa shape index (κ2) is 14.6. The molecule has 1 N–H and O–H groups in total. The molecule has 5 rings (SSSR count). The minimum Gasteiger partial charge on any atom is -0.431 e. The number of ether oxygens (including phenoxy) is 3. The number of nitrogens with one attached hydrogen (secondary N) is 1. The van der Waals surface area contributed by atoms with Crippen molar-refractivity contribution in [2.24, 2.45) is 0 Å². The average Bonchev–Trinajstić information content (AvgIpc) is 3.59. The highest BCUT2D eigenvalue weighted by atomic mass is 35.5. The van der Waals surface area contributed by atoms with Crippen molar-refractivity contribution < 1.29 is 37.8 Å². The van der Waals surface area contributed by atoms with Crippen LogP contribution in [0.25, 0.3) is 11.8 Å². The number of anilines is 1. The van der Waals surface area contributed by atoms with Crippen molar-refractivity contribution in [2.45, 2.75) is 32.4 Å². The number of hydrogen-bond donors (Lipinski definition) is 1. The lowest BCUT2D eigenvalue weighted by molar-refractivity contribution is -0.135. The van der Waals surface area contributed by atoms with E-state index in [1.165, 1.54) is 64.5 Å². The third kappa shape index (κ3) is 7.79. The first-order valence-electron chi connectivity index (χ1n) is 14.3. The minimum atomic E-state index is -1.02. The highest BCUT2D eigenvalue weighted by Crippen LogP contribution is 2.32. The largest absolute Gasteiger partial charge is 0.511 e. The van der Waals surface area contributed by atoms with E-state index in [4.69, 9.17) is 25.8 Å². The zero-order valence-corrected chi connectivity index (χ0v) is 25.9. The maximum atomic E-state index is 15.1. The molecule has 1 aliphatic rings. The molecule has 0 spiro atoms. The molecule has 1 atom stereocenters. The maximum Gasteiger partial charge on any atom is 0.511 e. The van der Waals surface area contributed by atoms with Crippen molar-refractivity contribution in [2.75, 3.05) is 18.7 Å². The summed E-state index contributed by atoms with van der Waals surface area (Å²) in [7, 11) is 0. The SMILES string of the molecule is CC(C)OC(=O)OCOC(=O)c1ccc(NC(=O)C2c3ccccc3CCN2C(=O)/C=C/c2c(-n3cnnn3)ccc(Cl)c2F)cc1. The number of halogens is 2. The van der Waals surface area contributed by atoms with Crippen molar-refractivity contribution in [3.63, 3.8) is 0 Å². The molecule has 2 heterocycles. The molecule has 15 heteroatoms. The third-order valence-corrected chi connectivity index (χ3v) is 7.29. The Kier molecular flexibility index (Phi) is 10.2. The van der Waals surface area contributed by atoms with E-state index < -0.39 is 42.6 Å². The van der Waals surface area contributed by atoms with Gasteiger partial charge in [-0.2, -0.15) is 4.68 Å². The topological polar surface area (TPSA) is 155 Å². The van der Waals surface area contributed by atoms with Crippen LogP contribution in [0.2, 0.25) is 5.02 Å². The number of amides is 2. The van der Waals surface area contributed by atoms with E-state index >= 15 is 4.39 Å². The van der Waals surface area contributed by atoms with Gasteiger partial charge in [0.1, 0.15) is 12.4 Å². The van der Waals surface area contributed by atoms with Gasteiger partial charge >= 0.3 is 12.1 Å². The van der Waals surface area contributed by atoms with Crippen molar-refractivity contribution in [1.82, 2.24) is 25.1 Å². The zero-order chi connectivity index (χ0) is 33.5. The van der Waals surface area contributed by atoms with Crippen LogP contribution in [-0.4, -0.2) is 68.5 Å². The summed E-state index contributed by atoms with van der Waals surface area (Å²) in [5.41, 5.74) is 2.27. The quantitative estimate of drug-likeness (QED) is 0.149. The van der Waals surface area contributed by atoms with Crippen molar-refractivity contribution in [1.29, 1.82) is 0 Å². The van der Waals surface area contributed by atoms with Gasteiger partial charge in [-0.25, -0.2) is 14.0 Å². The predicted molar refractivity (Wildman–Crippen MR) is 166 cm³/mol. The molecular weight excluding hydrogens is 635 g/mol. The van der Waals surface area contributed by atoms with Gasteiger partial charge in [-0.3, -0.25) is 9.59 Å². The molecule has 1 aromatic heterocycles. The summed E-state index contributed by atoms with van der Waals surface area (Å²) in [6.45, 7) is 2.87. The average molecular weight is 663 g/mol. The van der Waals surface area contributed by atoms with Gasteiger partial charge in [0.15, 0.2) is 5.82 Å². The van der Waals surface area contributed by atoms with Crippen LogP contribution in [0, 0.1) is 5.82 Å². The summed E-state index contributed by atoms with van der Waals surface area (Å²) in [4.78, 5) is 52.5. The number of aromatic nitrogens is 4. The van der Waals surface area contributed by atoms with E-state index in [0.29, 0.717) is 17.7 Å². The van der Waals surface area contributed by atoms with Crippen LogP contribution in [0.5, 0.6) is 0 Å². The number of rotatable bonds is 9. The summed E-state index contributed by atoms with van der Waals surface area (Å²) in [6.07, 6.45) is 2.86. The fourth-order valence-electron chi connectivity index (χ4n) is 4.86. The van der Waals surface area contributed by atoms with Gasteiger partial charge in [-0.05, 0) is 84.3 Å². The zero-order valence-electron chi connectivity index (χ0n) is 25.1. The van der Waals surface area contributed by atoms with Gasteiger partial charge < -0.3 is 24.4 Å². The Morgan fingerprint density at radius 2 is 1.83 bits per heavy atom. The van der Waals surface area contributed by atoms with E-state index in [-0.39, 0.29) is 34.5 Å². The summed E-state index contributed by atoms with van der Waals surface area (Å²) in [5.74, 6) is -2.58. The first kappa shape index (κ1) is 32.8. The second-order valence-corrected chi connectivity index (χ2v) is 10.8. The Labute approximate surface area is 272 Å². The monoisotopic (exact) mass is 662 g/mol. The van der Waals surface area contributed by atoms with Crippen LogP contribution < -0.4 is 5.32 Å². The van der Waals surface area contributed by atoms with Gasteiger partial charge in [0, 0.05) is 23.9 Å². The number of carbonyl (C=O) groups is 4. The predicted octanol–water partition coefficient (Wildman–Crippen LogP) is 4.91. The van der Waals surface area contributed by atoms with E-state index in [0.717, 1.165) is 5.56 Å². The molecule has 47 heavy (non-hydrogen) atoms. The van der Waals surface area contributed by atoms with Gasteiger partial charge in [-0.15, -0.1) is 5.10 Å². The number of tetrazole rings is 1. The highest BCUT2D eigenvalue weighted by Gasteiger charge is 2.35. The fourth-order valence-corrected chi connectivity index (χ4v) is 5.03. The molecular formula is C32H28ClFN6O7. The fraction of sp³-hybridized carbons (Fsp3) is 0.219. The minimum absolute atomic E-state index is 0.0165. The third-order valence-electron chi connectivity index (χ3n) is 7.00. The lowest BCUT2D eigenvalue weighted by Crippen LogP contribution is -2.44. The van der Waals surface area contributed by atoms with Crippen LogP contribution in [0.15, 0.2) is 73.1 Å². The van der Waals surface area contributed by atoms with Crippen molar-refractivity contribution in [3.8, 4) is 5.69 Å². The van der Waals surface area contributed by atoms with Crippen LogP contribution >= 0.6 is 11.6 Å². The van der Waals surface area contributed by atoms with Crippen LogP contribution in [0.3, 0.4) is 0 Å². The molecule has 0 saturated heterocycles. The summed E-state index contributed by atoms with van der Waals surface area (Å²) in [6, 6.07) is 15.0. The molecule has 0 fully saturated rings. The van der Waals surface area contributed by atoms with Crippen molar-refractivity contribution >= 4 is 47.3 Å². The second-order valence-electron chi connectivity index (χ2n) is 10.4. The smallest absolute Gasteiger partial charge is 0.431 e. The number of fused-ring (bicyclic) bond motifs is 1. The normalized spacial score (nSPS) is 14.1. The first-order chi connectivity index (χ1) is 22.6. The molecule has 0 radical (unpaired) electrons. The Balaban J connectivity index is 1.32. The summed E-state index contributed by atoms with van der Waals surface area (Å²) in [5, 5.41) is 13.6. The Morgan fingerprint density at radius 3 is 2.55 bits per heavy atom. The molecule has 4 aromatic rings. The Bertz CT molecular complexity index is 1820. The number of nitrogens with zero attached hydrogens (tertiary/aromatic N) is 5. The molecule has 2 amide bonds. The molecule has 0 aliphatic carbocycles. The summed E-state index contributed by atoms with van der Waals surface area (Å²) >= 11 is 6.02. The maximum absolute atomic E-state index is 15.1. The van der Waals surface area contributed by atoms with Gasteiger partial charge in [0.05, 0.1) is 22.4 Å². The number of esters is 1. The van der Waals surface area contributed by atoms with Crippen LogP contribution in [0.4, 0.5) is 14.9 Å². The van der Waals surface area contributed by atoms with Gasteiger partial charge in [0.2, 0.25) is 12.7 Å². The number of benzene rings is 3. The Hall–Kier alpha value is -5.63. The highest BCUT2D eigenvalue weighted by molar-refractivity contribution is 6.31. The standard InChI is InChI=1S/C32H28ClFN6O7/c1-19(2)47-32(44)46-18-45-31(43)21-7-9-22(10-8-21)36-30(42)29-23-6-4-3-5-20(23)15-16-39(29)27(41)14-11-24-26(40-17-35-37-38-40)13-12-25(33)28(24)34/h3-14,17,19,29H,15-16,18H2,1-2H3,(H,36,42)/b14-11+. The van der Waals surface area contributed by atoms with Crippen molar-refractivity contribution in [3.05, 3.63) is 106 Å². The van der Waals surface area contributed by atoms with Gasteiger partial charge in [0.25, 0.3) is 5.91 Å². The molecule has 242 valence electrons. The van der Waals surface area contributed by atoms with Gasteiger partial charge in [-0.1, -0.05) is 35.9 Å². The molecule has 1 unspecified atom stereocenters. The number of hydrogen-bond acceptors (Lipinski definition) is 10. The molecule has 0 bridgehead atoms. The van der Waals surface area contributed by atoms with E-state index in [2.05, 4.69) is 20.8 Å². The van der Waals surface area contributed by atoms with Crippen LogP contribution in [0.1, 0.15) is 46.9 Å². The molecule has 1 aliphatic heterocycles. The van der Waals surface area contributed by atoms with E-state index in [1.807, 2.05) is 12.1 Å². The molecule has 3 aromatic carbocycles. The molecule has 0 saturated carbocycles. The lowest BCUT2D eigenvalue weighted by Gasteiger charge is -2.35. The first-order valence-corrected chi connectivity index (χ1v) is 14.7. The number of carbonyl (C=O) groups excluding carboxylic acids is 4. The summed E-state index contributed by atoms with van der Waals surface area (Å²) < 4.78 is 30.8. The van der Waals surface area contributed by atoms with E-state index in [9.17, 15) is 19.2 Å². The Morgan fingerprint density at radius 1 is 1.06 bits per heavy atom.